The largest absolute Gasteiger partial charge is 0.508 e. The number of para-hydroxylation sites is 1. The first-order chi connectivity index (χ1) is 12.7. The Morgan fingerprint density at radius 2 is 1.92 bits per heavy atom. The second-order valence-electron chi connectivity index (χ2n) is 5.92. The van der Waals surface area contributed by atoms with Crippen LogP contribution in [0.25, 0.3) is 5.69 Å². The van der Waals surface area contributed by atoms with Crippen molar-refractivity contribution < 1.29 is 9.90 Å². The Morgan fingerprint density at radius 3 is 2.62 bits per heavy atom. The van der Waals surface area contributed by atoms with Gasteiger partial charge in [0.05, 0.1) is 5.69 Å². The zero-order chi connectivity index (χ0) is 18.4. The van der Waals surface area contributed by atoms with Crippen LogP contribution in [0.2, 0.25) is 0 Å². The van der Waals surface area contributed by atoms with E-state index in [0.29, 0.717) is 19.6 Å². The summed E-state index contributed by atoms with van der Waals surface area (Å²) in [6.45, 7) is 3.44. The molecule has 0 aliphatic heterocycles. The minimum absolute atomic E-state index is 0.129. The third kappa shape index (κ3) is 4.22. The van der Waals surface area contributed by atoms with Gasteiger partial charge in [-0.2, -0.15) is 5.10 Å². The second kappa shape index (κ2) is 8.20. The van der Waals surface area contributed by atoms with E-state index in [1.54, 1.807) is 27.9 Å². The fourth-order valence-electron chi connectivity index (χ4n) is 2.73. The molecule has 0 saturated carbocycles. The van der Waals surface area contributed by atoms with Crippen LogP contribution in [0.4, 0.5) is 4.79 Å². The molecule has 6 heteroatoms. The Balaban J connectivity index is 1.65. The van der Waals surface area contributed by atoms with E-state index in [4.69, 9.17) is 0 Å². The lowest BCUT2D eigenvalue weighted by atomic mass is 10.2. The minimum Gasteiger partial charge on any atom is -0.508 e. The number of amides is 2. The van der Waals surface area contributed by atoms with Crippen molar-refractivity contribution in [1.29, 1.82) is 0 Å². The van der Waals surface area contributed by atoms with Gasteiger partial charge in [0.2, 0.25) is 0 Å². The van der Waals surface area contributed by atoms with Gasteiger partial charge in [0, 0.05) is 32.0 Å². The van der Waals surface area contributed by atoms with Gasteiger partial charge >= 0.3 is 6.03 Å². The molecule has 134 valence electrons. The molecule has 0 unspecified atom stereocenters. The van der Waals surface area contributed by atoms with Crippen LogP contribution in [0, 0.1) is 0 Å². The molecular weight excluding hydrogens is 328 g/mol. The number of phenols is 1. The number of benzene rings is 2. The topological polar surface area (TPSA) is 70.4 Å². The monoisotopic (exact) mass is 350 g/mol. The molecule has 0 atom stereocenters. The number of rotatable bonds is 6. The van der Waals surface area contributed by atoms with Crippen molar-refractivity contribution in [2.75, 3.05) is 6.54 Å². The number of urea groups is 1. The summed E-state index contributed by atoms with van der Waals surface area (Å²) in [6, 6.07) is 16.5. The van der Waals surface area contributed by atoms with Crippen molar-refractivity contribution in [3.8, 4) is 11.4 Å². The van der Waals surface area contributed by atoms with Gasteiger partial charge in [0.15, 0.2) is 0 Å². The zero-order valence-electron chi connectivity index (χ0n) is 14.7. The van der Waals surface area contributed by atoms with Crippen molar-refractivity contribution in [2.24, 2.45) is 0 Å². The molecule has 6 nitrogen and oxygen atoms in total. The highest BCUT2D eigenvalue weighted by Crippen LogP contribution is 2.14. The maximum Gasteiger partial charge on any atom is 0.317 e. The predicted octanol–water partition coefficient (Wildman–Crippen LogP) is 3.31. The maximum absolute atomic E-state index is 12.6. The number of nitrogens with one attached hydrogen (secondary N) is 1. The fourth-order valence-corrected chi connectivity index (χ4v) is 2.73. The highest BCUT2D eigenvalue weighted by Gasteiger charge is 2.13. The summed E-state index contributed by atoms with van der Waals surface area (Å²) in [6.07, 6.45) is 3.61. The number of carbonyl (C=O) groups is 1. The predicted molar refractivity (Wildman–Crippen MR) is 100.0 cm³/mol. The summed E-state index contributed by atoms with van der Waals surface area (Å²) in [5, 5.41) is 16.6. The molecule has 2 N–H and O–H groups in total. The maximum atomic E-state index is 12.6. The molecule has 1 heterocycles. The molecular formula is C20H22N4O2. The van der Waals surface area contributed by atoms with E-state index in [1.165, 1.54) is 0 Å². The van der Waals surface area contributed by atoms with Crippen LogP contribution in [0.5, 0.6) is 5.75 Å². The van der Waals surface area contributed by atoms with E-state index in [-0.39, 0.29) is 11.8 Å². The SMILES string of the molecule is CCN(Cc1ccc(O)cc1)C(=O)NCc1ccccc1-n1cccn1. The van der Waals surface area contributed by atoms with Crippen molar-refractivity contribution in [1.82, 2.24) is 20.0 Å². The Labute approximate surface area is 152 Å². The lowest BCUT2D eigenvalue weighted by Crippen LogP contribution is -2.39. The first-order valence-corrected chi connectivity index (χ1v) is 8.56. The number of nitrogens with zero attached hydrogens (tertiary/aromatic N) is 3. The van der Waals surface area contributed by atoms with Crippen molar-refractivity contribution in [3.05, 3.63) is 78.1 Å². The van der Waals surface area contributed by atoms with Crippen LogP contribution in [-0.2, 0) is 13.1 Å². The van der Waals surface area contributed by atoms with Gasteiger partial charge in [-0.1, -0.05) is 30.3 Å². The average molecular weight is 350 g/mol. The van der Waals surface area contributed by atoms with Crippen molar-refractivity contribution in [3.63, 3.8) is 0 Å². The first kappa shape index (κ1) is 17.5. The normalized spacial score (nSPS) is 10.5. The van der Waals surface area contributed by atoms with Crippen LogP contribution >= 0.6 is 0 Å². The van der Waals surface area contributed by atoms with Gasteiger partial charge < -0.3 is 15.3 Å². The van der Waals surface area contributed by atoms with Crippen LogP contribution in [0.1, 0.15) is 18.1 Å². The van der Waals surface area contributed by atoms with Crippen LogP contribution in [0.15, 0.2) is 67.0 Å². The molecule has 26 heavy (non-hydrogen) atoms. The van der Waals surface area contributed by atoms with E-state index in [1.807, 2.05) is 55.6 Å². The van der Waals surface area contributed by atoms with E-state index in [0.717, 1.165) is 16.8 Å². The Hall–Kier alpha value is -3.28. The fraction of sp³-hybridized carbons (Fsp3) is 0.200. The number of hydrogen-bond donors (Lipinski definition) is 2. The number of aromatic hydroxyl groups is 1. The molecule has 0 spiro atoms. The molecule has 0 radical (unpaired) electrons. The van der Waals surface area contributed by atoms with Gasteiger partial charge in [-0.05, 0) is 42.3 Å². The summed E-state index contributed by atoms with van der Waals surface area (Å²) >= 11 is 0. The van der Waals surface area contributed by atoms with Gasteiger partial charge in [-0.3, -0.25) is 0 Å². The lowest BCUT2D eigenvalue weighted by Gasteiger charge is -2.22. The van der Waals surface area contributed by atoms with Gasteiger partial charge in [0.1, 0.15) is 5.75 Å². The van der Waals surface area contributed by atoms with Gasteiger partial charge in [-0.25, -0.2) is 9.48 Å². The van der Waals surface area contributed by atoms with E-state index < -0.39 is 0 Å². The number of hydrogen-bond acceptors (Lipinski definition) is 3. The molecule has 0 fully saturated rings. The smallest absolute Gasteiger partial charge is 0.317 e. The second-order valence-corrected chi connectivity index (χ2v) is 5.92. The molecule has 3 aromatic rings. The van der Waals surface area contributed by atoms with Crippen LogP contribution in [-0.4, -0.2) is 32.4 Å². The summed E-state index contributed by atoms with van der Waals surface area (Å²) < 4.78 is 1.79. The highest BCUT2D eigenvalue weighted by molar-refractivity contribution is 5.74. The summed E-state index contributed by atoms with van der Waals surface area (Å²) in [4.78, 5) is 14.3. The van der Waals surface area contributed by atoms with Crippen LogP contribution in [0.3, 0.4) is 0 Å². The molecule has 2 amide bonds. The lowest BCUT2D eigenvalue weighted by molar-refractivity contribution is 0.197. The number of aromatic nitrogens is 2. The number of phenolic OH excluding ortho intramolecular Hbond substituents is 1. The third-order valence-corrected chi connectivity index (χ3v) is 4.15. The summed E-state index contributed by atoms with van der Waals surface area (Å²) in [7, 11) is 0. The van der Waals surface area contributed by atoms with Gasteiger partial charge in [-0.15, -0.1) is 0 Å². The van der Waals surface area contributed by atoms with Crippen molar-refractivity contribution in [2.45, 2.75) is 20.0 Å². The van der Waals surface area contributed by atoms with E-state index in [2.05, 4.69) is 10.4 Å². The highest BCUT2D eigenvalue weighted by atomic mass is 16.3. The van der Waals surface area contributed by atoms with E-state index >= 15 is 0 Å². The standard InChI is InChI=1S/C20H22N4O2/c1-2-23(15-16-8-10-18(25)11-9-16)20(26)21-14-17-6-3-4-7-19(17)24-13-5-12-22-24/h3-13,25H,2,14-15H2,1H3,(H,21,26). The molecule has 0 bridgehead atoms. The van der Waals surface area contributed by atoms with Gasteiger partial charge in [0.25, 0.3) is 0 Å². The molecule has 3 rings (SSSR count). The summed E-state index contributed by atoms with van der Waals surface area (Å²) in [5.74, 6) is 0.219. The minimum atomic E-state index is -0.129. The molecule has 0 saturated heterocycles. The zero-order valence-corrected chi connectivity index (χ0v) is 14.7. The quantitative estimate of drug-likeness (QED) is 0.716. The number of carbonyl (C=O) groups excluding carboxylic acids is 1. The Bertz CT molecular complexity index is 845. The Morgan fingerprint density at radius 1 is 1.15 bits per heavy atom. The van der Waals surface area contributed by atoms with E-state index in [9.17, 15) is 9.90 Å². The Kier molecular flexibility index (Phi) is 5.53. The molecule has 0 aliphatic carbocycles. The molecule has 2 aromatic carbocycles. The third-order valence-electron chi connectivity index (χ3n) is 4.15. The first-order valence-electron chi connectivity index (χ1n) is 8.56. The average Bonchev–Trinajstić information content (AvgIpc) is 3.20. The summed E-state index contributed by atoms with van der Waals surface area (Å²) in [5.41, 5.74) is 2.90. The van der Waals surface area contributed by atoms with Crippen molar-refractivity contribution >= 4 is 6.03 Å². The van der Waals surface area contributed by atoms with Crippen LogP contribution < -0.4 is 5.32 Å². The molecule has 0 aliphatic rings. The molecule has 1 aromatic heterocycles.